The second-order valence-corrected chi connectivity index (χ2v) is 3.45. The van der Waals surface area contributed by atoms with Gasteiger partial charge >= 0.3 is 0 Å². The molecule has 1 saturated carbocycles. The Balaban J connectivity index is 2.22. The van der Waals surface area contributed by atoms with Gasteiger partial charge in [-0.05, 0) is 18.3 Å². The molecule has 54 valence electrons. The van der Waals surface area contributed by atoms with Gasteiger partial charge in [0.1, 0.15) is 5.78 Å². The zero-order chi connectivity index (χ0) is 7.14. The van der Waals surface area contributed by atoms with E-state index in [4.69, 9.17) is 0 Å². The van der Waals surface area contributed by atoms with Crippen molar-refractivity contribution >= 4 is 5.78 Å². The van der Waals surface area contributed by atoms with Crippen LogP contribution in [0.4, 0.5) is 0 Å². The Hall–Kier alpha value is -0.590. The molecule has 2 rings (SSSR count). The molecule has 0 bridgehead atoms. The smallest absolute Gasteiger partial charge is 0.136 e. The van der Waals surface area contributed by atoms with Crippen LogP contribution in [0.2, 0.25) is 0 Å². The van der Waals surface area contributed by atoms with Crippen LogP contribution in [0.5, 0.6) is 0 Å². The van der Waals surface area contributed by atoms with E-state index in [-0.39, 0.29) is 0 Å². The minimum atomic E-state index is 0.333. The van der Waals surface area contributed by atoms with Gasteiger partial charge in [-0.1, -0.05) is 19.1 Å². The van der Waals surface area contributed by atoms with Crippen LogP contribution >= 0.6 is 0 Å². The summed E-state index contributed by atoms with van der Waals surface area (Å²) in [7, 11) is 0. The van der Waals surface area contributed by atoms with Crippen LogP contribution in [0.25, 0.3) is 0 Å². The molecule has 0 saturated heterocycles. The van der Waals surface area contributed by atoms with Crippen molar-refractivity contribution in [3.05, 3.63) is 12.2 Å². The third-order valence-corrected chi connectivity index (χ3v) is 2.93. The molecule has 0 amide bonds. The molecule has 0 N–H and O–H groups in total. The zero-order valence-electron chi connectivity index (χ0n) is 6.21. The SMILES string of the molecule is C[C@H]1C(=O)C[C@@H]2C=CC[C@@H]21. The maximum Gasteiger partial charge on any atom is 0.136 e. The van der Waals surface area contributed by atoms with E-state index in [1.54, 1.807) is 0 Å². The first-order chi connectivity index (χ1) is 4.79. The Kier molecular flexibility index (Phi) is 1.19. The van der Waals surface area contributed by atoms with Gasteiger partial charge in [0.05, 0.1) is 0 Å². The molecular formula is C9H12O. The number of hydrogen-bond acceptors (Lipinski definition) is 1. The molecule has 2 aliphatic carbocycles. The molecule has 2 aliphatic rings. The third-order valence-electron chi connectivity index (χ3n) is 2.93. The van der Waals surface area contributed by atoms with E-state index in [2.05, 4.69) is 19.1 Å². The van der Waals surface area contributed by atoms with Crippen molar-refractivity contribution in [2.45, 2.75) is 19.8 Å². The fraction of sp³-hybridized carbons (Fsp3) is 0.667. The lowest BCUT2D eigenvalue weighted by atomic mass is 9.93. The van der Waals surface area contributed by atoms with Gasteiger partial charge < -0.3 is 0 Å². The first kappa shape index (κ1) is 6.14. The summed E-state index contributed by atoms with van der Waals surface area (Å²) in [6.07, 6.45) is 6.38. The summed E-state index contributed by atoms with van der Waals surface area (Å²) >= 11 is 0. The van der Waals surface area contributed by atoms with Crippen molar-refractivity contribution in [3.63, 3.8) is 0 Å². The fourth-order valence-electron chi connectivity index (χ4n) is 2.18. The molecule has 1 fully saturated rings. The Morgan fingerprint density at radius 2 is 2.40 bits per heavy atom. The standard InChI is InChI=1S/C9H12O/c1-6-8-4-2-3-7(8)5-9(6)10/h2-3,6-8H,4-5H2,1H3/t6-,7+,8-/m1/s1. The average Bonchev–Trinajstić information content (AvgIpc) is 2.41. The van der Waals surface area contributed by atoms with Crippen LogP contribution in [0.1, 0.15) is 19.8 Å². The number of ketones is 1. The van der Waals surface area contributed by atoms with Gasteiger partial charge in [0, 0.05) is 12.3 Å². The van der Waals surface area contributed by atoms with Crippen molar-refractivity contribution in [2.75, 3.05) is 0 Å². The van der Waals surface area contributed by atoms with Crippen molar-refractivity contribution in [1.82, 2.24) is 0 Å². The van der Waals surface area contributed by atoms with Crippen LogP contribution in [0.15, 0.2) is 12.2 Å². The number of rotatable bonds is 0. The lowest BCUT2D eigenvalue weighted by Gasteiger charge is -2.10. The summed E-state index contributed by atoms with van der Waals surface area (Å²) in [6.45, 7) is 2.07. The second kappa shape index (κ2) is 1.94. The van der Waals surface area contributed by atoms with Crippen LogP contribution < -0.4 is 0 Å². The number of fused-ring (bicyclic) bond motifs is 1. The van der Waals surface area contributed by atoms with E-state index in [1.165, 1.54) is 0 Å². The molecule has 0 heterocycles. The topological polar surface area (TPSA) is 17.1 Å². The molecule has 0 unspecified atom stereocenters. The highest BCUT2D eigenvalue weighted by Gasteiger charge is 2.39. The Morgan fingerprint density at radius 1 is 1.60 bits per heavy atom. The van der Waals surface area contributed by atoms with Gasteiger partial charge in [0.15, 0.2) is 0 Å². The molecule has 0 radical (unpaired) electrons. The molecular weight excluding hydrogens is 124 g/mol. The van der Waals surface area contributed by atoms with Crippen molar-refractivity contribution in [3.8, 4) is 0 Å². The molecule has 10 heavy (non-hydrogen) atoms. The molecule has 0 aromatic heterocycles. The van der Waals surface area contributed by atoms with Gasteiger partial charge in [-0.2, -0.15) is 0 Å². The van der Waals surface area contributed by atoms with Gasteiger partial charge in [0.25, 0.3) is 0 Å². The molecule has 0 spiro atoms. The highest BCUT2D eigenvalue weighted by atomic mass is 16.1. The first-order valence-electron chi connectivity index (χ1n) is 3.98. The Labute approximate surface area is 61.1 Å². The van der Waals surface area contributed by atoms with E-state index in [0.717, 1.165) is 12.8 Å². The predicted octanol–water partition coefficient (Wildman–Crippen LogP) is 1.79. The van der Waals surface area contributed by atoms with Crippen LogP contribution in [0, 0.1) is 17.8 Å². The highest BCUT2D eigenvalue weighted by molar-refractivity contribution is 5.84. The van der Waals surface area contributed by atoms with E-state index in [0.29, 0.717) is 23.5 Å². The minimum absolute atomic E-state index is 0.333. The maximum atomic E-state index is 11.2. The van der Waals surface area contributed by atoms with Crippen LogP contribution in [-0.4, -0.2) is 5.78 Å². The van der Waals surface area contributed by atoms with Gasteiger partial charge in [-0.15, -0.1) is 0 Å². The molecule has 0 aliphatic heterocycles. The molecule has 1 heteroatoms. The van der Waals surface area contributed by atoms with Gasteiger partial charge in [-0.3, -0.25) is 4.79 Å². The van der Waals surface area contributed by atoms with E-state index < -0.39 is 0 Å². The summed E-state index contributed by atoms with van der Waals surface area (Å²) in [6, 6.07) is 0. The van der Waals surface area contributed by atoms with Crippen LogP contribution in [0.3, 0.4) is 0 Å². The highest BCUT2D eigenvalue weighted by Crippen LogP contribution is 2.41. The zero-order valence-corrected chi connectivity index (χ0v) is 6.21. The summed E-state index contributed by atoms with van der Waals surface area (Å²) < 4.78 is 0. The van der Waals surface area contributed by atoms with Crippen molar-refractivity contribution in [1.29, 1.82) is 0 Å². The number of hydrogen-bond donors (Lipinski definition) is 0. The summed E-state index contributed by atoms with van der Waals surface area (Å²) in [5.74, 6) is 2.06. The normalized spacial score (nSPS) is 44.5. The van der Waals surface area contributed by atoms with Crippen molar-refractivity contribution < 1.29 is 4.79 Å². The molecule has 3 atom stereocenters. The third kappa shape index (κ3) is 0.664. The van der Waals surface area contributed by atoms with Gasteiger partial charge in [0.2, 0.25) is 0 Å². The largest absolute Gasteiger partial charge is 0.299 e. The van der Waals surface area contributed by atoms with Crippen LogP contribution in [-0.2, 0) is 4.79 Å². The lowest BCUT2D eigenvalue weighted by Crippen LogP contribution is -2.09. The molecule has 0 aromatic carbocycles. The summed E-state index contributed by atoms with van der Waals surface area (Å²) in [5.41, 5.74) is 0. The van der Waals surface area contributed by atoms with E-state index in [1.807, 2.05) is 0 Å². The van der Waals surface area contributed by atoms with E-state index in [9.17, 15) is 4.79 Å². The van der Waals surface area contributed by atoms with E-state index >= 15 is 0 Å². The summed E-state index contributed by atoms with van der Waals surface area (Å²) in [5, 5.41) is 0. The number of carbonyl (C=O) groups excluding carboxylic acids is 1. The Bertz CT molecular complexity index is 193. The first-order valence-corrected chi connectivity index (χ1v) is 3.98. The number of carbonyl (C=O) groups is 1. The maximum absolute atomic E-state index is 11.2. The molecule has 0 aromatic rings. The summed E-state index contributed by atoms with van der Waals surface area (Å²) in [4.78, 5) is 11.2. The number of Topliss-reactive ketones (excluding diaryl/α,β-unsaturated/α-hetero) is 1. The average molecular weight is 136 g/mol. The number of allylic oxidation sites excluding steroid dienone is 2. The monoisotopic (exact) mass is 136 g/mol. The Morgan fingerprint density at radius 3 is 3.10 bits per heavy atom. The second-order valence-electron chi connectivity index (χ2n) is 3.45. The predicted molar refractivity (Wildman–Crippen MR) is 39.5 cm³/mol. The lowest BCUT2D eigenvalue weighted by molar-refractivity contribution is -0.120. The minimum Gasteiger partial charge on any atom is -0.299 e. The molecule has 1 nitrogen and oxygen atoms in total. The van der Waals surface area contributed by atoms with Crippen molar-refractivity contribution in [2.24, 2.45) is 17.8 Å². The van der Waals surface area contributed by atoms with Gasteiger partial charge in [-0.25, -0.2) is 0 Å². The fourth-order valence-corrected chi connectivity index (χ4v) is 2.18. The quantitative estimate of drug-likeness (QED) is 0.464.